The molecular weight excluding hydrogens is 634 g/mol. The fourth-order valence-corrected chi connectivity index (χ4v) is 6.27. The first-order valence-corrected chi connectivity index (χ1v) is 15.9. The molecule has 0 saturated carbocycles. The molecule has 13 nitrogen and oxygen atoms in total. The number of ether oxygens (including phenoxy) is 4. The molecule has 5 rings (SSSR count). The Balaban J connectivity index is 1.76. The lowest BCUT2D eigenvalue weighted by atomic mass is 9.96. The molecule has 1 amide bonds. The molecule has 0 aliphatic heterocycles. The number of hydrogen-bond acceptors (Lipinski definition) is 10. The van der Waals surface area contributed by atoms with Gasteiger partial charge in [-0.25, -0.2) is 9.59 Å². The molecule has 0 bridgehead atoms. The Morgan fingerprint density at radius 1 is 1.04 bits per heavy atom. The molecule has 262 valence electrons. The summed E-state index contributed by atoms with van der Waals surface area (Å²) in [5, 5.41) is 34.9. The summed E-state index contributed by atoms with van der Waals surface area (Å²) in [5.41, 5.74) is 0.927. The summed E-state index contributed by atoms with van der Waals surface area (Å²) in [6.45, 7) is 7.78. The first-order valence-electron chi connectivity index (χ1n) is 15.9. The third-order valence-electron chi connectivity index (χ3n) is 8.80. The molecule has 2 aromatic carbocycles. The minimum atomic E-state index is -1.42. The van der Waals surface area contributed by atoms with Crippen molar-refractivity contribution < 1.29 is 43.9 Å². The van der Waals surface area contributed by atoms with Crippen molar-refractivity contribution in [2.75, 3.05) is 27.9 Å². The average molecular weight is 678 g/mol. The van der Waals surface area contributed by atoms with Crippen LogP contribution in [0.25, 0.3) is 22.2 Å². The Morgan fingerprint density at radius 2 is 1.76 bits per heavy atom. The second kappa shape index (κ2) is 13.5. The van der Waals surface area contributed by atoms with Crippen molar-refractivity contribution in [2.24, 2.45) is 7.05 Å². The lowest BCUT2D eigenvalue weighted by Crippen LogP contribution is -2.36. The van der Waals surface area contributed by atoms with Crippen LogP contribution in [0.3, 0.4) is 0 Å². The quantitative estimate of drug-likeness (QED) is 0.230. The Morgan fingerprint density at radius 3 is 2.37 bits per heavy atom. The molecule has 0 unspecified atom stereocenters. The number of benzene rings is 2. The van der Waals surface area contributed by atoms with Crippen molar-refractivity contribution in [2.45, 2.75) is 65.0 Å². The van der Waals surface area contributed by atoms with Crippen LogP contribution in [0.2, 0.25) is 0 Å². The van der Waals surface area contributed by atoms with Crippen molar-refractivity contribution in [1.29, 1.82) is 0 Å². The molecule has 0 radical (unpaired) electrons. The van der Waals surface area contributed by atoms with Gasteiger partial charge in [0.25, 0.3) is 5.56 Å². The van der Waals surface area contributed by atoms with Crippen LogP contribution >= 0.6 is 0 Å². The van der Waals surface area contributed by atoms with Crippen molar-refractivity contribution >= 4 is 23.0 Å². The van der Waals surface area contributed by atoms with Crippen molar-refractivity contribution in [3.05, 3.63) is 74.7 Å². The van der Waals surface area contributed by atoms with Crippen LogP contribution in [0.4, 0.5) is 4.79 Å². The number of rotatable bonds is 8. The van der Waals surface area contributed by atoms with Gasteiger partial charge in [0.2, 0.25) is 0 Å². The number of aromatic nitrogens is 2. The van der Waals surface area contributed by atoms with Gasteiger partial charge in [0.15, 0.2) is 5.56 Å². The van der Waals surface area contributed by atoms with Gasteiger partial charge in [0, 0.05) is 59.4 Å². The van der Waals surface area contributed by atoms with E-state index in [0.717, 1.165) is 12.8 Å². The molecule has 13 heteroatoms. The number of nitrogens with zero attached hydrogens (tertiary/aromatic N) is 3. The maximum atomic E-state index is 14.2. The SMILES string of the molecule is CCN(Cc1cc2cc3c(cc2n1C)[C@H](O)[C@H](O)Cc1c(O)c(C(=O)OC)c(=O)n(Cc2ccc(OC)cc2OC)c1-3)C(=O)OC(C)(C)C. The van der Waals surface area contributed by atoms with E-state index >= 15 is 0 Å². The number of aryl methyl sites for hydroxylation is 1. The predicted octanol–water partition coefficient (Wildman–Crippen LogP) is 4.27. The molecule has 1 aliphatic carbocycles. The number of aromatic hydroxyl groups is 1. The fraction of sp³-hybridized carbons (Fsp3) is 0.417. The largest absolute Gasteiger partial charge is 0.506 e. The maximum Gasteiger partial charge on any atom is 0.410 e. The molecule has 0 saturated heterocycles. The molecule has 2 heterocycles. The van der Waals surface area contributed by atoms with Crippen LogP contribution < -0.4 is 15.0 Å². The second-order valence-corrected chi connectivity index (χ2v) is 13.0. The Labute approximate surface area is 283 Å². The van der Waals surface area contributed by atoms with E-state index in [1.807, 2.05) is 24.6 Å². The highest BCUT2D eigenvalue weighted by molar-refractivity contribution is 5.95. The third-order valence-corrected chi connectivity index (χ3v) is 8.80. The van der Waals surface area contributed by atoms with Gasteiger partial charge < -0.3 is 48.3 Å². The van der Waals surface area contributed by atoms with E-state index < -0.39 is 46.7 Å². The summed E-state index contributed by atoms with van der Waals surface area (Å²) in [5.74, 6) is -0.738. The summed E-state index contributed by atoms with van der Waals surface area (Å²) in [6, 6.07) is 10.5. The zero-order valence-electron chi connectivity index (χ0n) is 29.0. The molecule has 2 atom stereocenters. The van der Waals surface area contributed by atoms with Gasteiger partial charge in [-0.3, -0.25) is 4.79 Å². The van der Waals surface area contributed by atoms with Crippen LogP contribution in [0.5, 0.6) is 17.2 Å². The lowest BCUT2D eigenvalue weighted by Gasteiger charge is -2.26. The van der Waals surface area contributed by atoms with E-state index in [-0.39, 0.29) is 30.8 Å². The van der Waals surface area contributed by atoms with Gasteiger partial charge in [-0.1, -0.05) is 0 Å². The number of carbonyl (C=O) groups excluding carboxylic acids is 2. The number of pyridine rings is 1. The summed E-state index contributed by atoms with van der Waals surface area (Å²) in [6.07, 6.45) is -3.56. The molecule has 2 aromatic heterocycles. The molecule has 1 aliphatic rings. The highest BCUT2D eigenvalue weighted by Crippen LogP contribution is 2.43. The van der Waals surface area contributed by atoms with Crippen molar-refractivity contribution in [3.63, 3.8) is 0 Å². The first-order chi connectivity index (χ1) is 23.1. The maximum absolute atomic E-state index is 14.2. The van der Waals surface area contributed by atoms with Crippen LogP contribution in [0, 0.1) is 0 Å². The number of carbonyl (C=O) groups is 2. The second-order valence-electron chi connectivity index (χ2n) is 13.0. The summed E-state index contributed by atoms with van der Waals surface area (Å²) in [7, 11) is 5.93. The third kappa shape index (κ3) is 6.55. The summed E-state index contributed by atoms with van der Waals surface area (Å²) >= 11 is 0. The number of hydrogen-bond donors (Lipinski definition) is 3. The van der Waals surface area contributed by atoms with Gasteiger partial charge in [0.1, 0.15) is 29.0 Å². The molecule has 3 N–H and O–H groups in total. The fourth-order valence-electron chi connectivity index (χ4n) is 6.27. The molecule has 0 spiro atoms. The Kier molecular flexibility index (Phi) is 9.71. The number of aliphatic hydroxyl groups excluding tert-OH is 2. The van der Waals surface area contributed by atoms with E-state index in [0.29, 0.717) is 45.6 Å². The van der Waals surface area contributed by atoms with Crippen molar-refractivity contribution in [1.82, 2.24) is 14.0 Å². The lowest BCUT2D eigenvalue weighted by molar-refractivity contribution is 0.0201. The predicted molar refractivity (Wildman–Crippen MR) is 181 cm³/mol. The van der Waals surface area contributed by atoms with E-state index in [1.165, 1.54) is 18.8 Å². The molecule has 49 heavy (non-hydrogen) atoms. The highest BCUT2D eigenvalue weighted by Gasteiger charge is 2.36. The molecule has 0 fully saturated rings. The topological polar surface area (TPSA) is 162 Å². The first kappa shape index (κ1) is 35.3. The zero-order chi connectivity index (χ0) is 35.9. The minimum absolute atomic E-state index is 0.0929. The van der Waals surface area contributed by atoms with Crippen molar-refractivity contribution in [3.8, 4) is 28.5 Å². The summed E-state index contributed by atoms with van der Waals surface area (Å²) in [4.78, 5) is 41.6. The van der Waals surface area contributed by atoms with Gasteiger partial charge >= 0.3 is 12.1 Å². The smallest absolute Gasteiger partial charge is 0.410 e. The molecular formula is C36H43N3O10. The number of aliphatic hydroxyl groups is 2. The minimum Gasteiger partial charge on any atom is -0.506 e. The van der Waals surface area contributed by atoms with E-state index in [9.17, 15) is 29.7 Å². The monoisotopic (exact) mass is 677 g/mol. The number of fused-ring (bicyclic) bond motifs is 4. The van der Waals surface area contributed by atoms with Crippen LogP contribution in [0.15, 0.2) is 41.2 Å². The molecule has 4 aromatic rings. The Bertz CT molecular complexity index is 1990. The number of amides is 1. The zero-order valence-corrected chi connectivity index (χ0v) is 29.0. The van der Waals surface area contributed by atoms with Gasteiger partial charge in [-0.2, -0.15) is 0 Å². The number of esters is 1. The van der Waals surface area contributed by atoms with Gasteiger partial charge in [-0.05, 0) is 63.6 Å². The van der Waals surface area contributed by atoms with Crippen LogP contribution in [-0.2, 0) is 36.0 Å². The Hall–Kier alpha value is -5.01. The van der Waals surface area contributed by atoms with Crippen LogP contribution in [-0.4, -0.2) is 81.0 Å². The van der Waals surface area contributed by atoms with Crippen LogP contribution in [0.1, 0.15) is 66.5 Å². The summed E-state index contributed by atoms with van der Waals surface area (Å²) < 4.78 is 24.6. The average Bonchev–Trinajstić information content (AvgIpc) is 3.31. The van der Waals surface area contributed by atoms with Gasteiger partial charge in [-0.15, -0.1) is 0 Å². The van der Waals surface area contributed by atoms with E-state index in [4.69, 9.17) is 18.9 Å². The van der Waals surface area contributed by atoms with E-state index in [2.05, 4.69) is 0 Å². The number of methoxy groups -OCH3 is 3. The van der Waals surface area contributed by atoms with E-state index in [1.54, 1.807) is 56.0 Å². The highest BCUT2D eigenvalue weighted by atomic mass is 16.6. The normalized spacial score (nSPS) is 15.6. The standard InChI is InChI=1S/C36H43N3O10/c1-9-38(35(45)49-36(2,3)4)18-21-12-20-13-23-24(15-26(20)37(21)5)31(41)27(40)16-25-30(23)39(33(43)29(32(25)42)34(44)48-8)17-19-10-11-22(46-6)14-28(19)47-7/h10-15,27,31,40-42H,9,16-18H2,1-8H3/t27-,31+/m1/s1. The van der Waals surface area contributed by atoms with Gasteiger partial charge in [0.05, 0.1) is 46.2 Å².